The number of aromatic nitrogens is 1. The summed E-state index contributed by atoms with van der Waals surface area (Å²) in [5.74, 6) is -0.579. The van der Waals surface area contributed by atoms with E-state index in [-0.39, 0.29) is 5.69 Å². The monoisotopic (exact) mass is 195 g/mol. The zero-order valence-corrected chi connectivity index (χ0v) is 7.96. The molecule has 3 nitrogen and oxygen atoms in total. The topological polar surface area (TPSA) is 50.9 Å². The highest BCUT2D eigenvalue weighted by atomic mass is 19.1. The van der Waals surface area contributed by atoms with E-state index in [0.29, 0.717) is 6.04 Å². The minimum atomic E-state index is -0.579. The Balaban J connectivity index is 2.18. The first-order valence-corrected chi connectivity index (χ1v) is 4.91. The highest BCUT2D eigenvalue weighted by Gasteiger charge is 2.15. The van der Waals surface area contributed by atoms with E-state index in [1.54, 1.807) is 12.3 Å². The fraction of sp³-hybridized carbons (Fsp3) is 0.500. The van der Waals surface area contributed by atoms with Crippen LogP contribution in [0.2, 0.25) is 0 Å². The minimum absolute atomic E-state index is 0.134. The lowest BCUT2D eigenvalue weighted by atomic mass is 9.99. The Labute approximate surface area is 82.5 Å². The summed E-state index contributed by atoms with van der Waals surface area (Å²) in [4.78, 5) is 3.62. The summed E-state index contributed by atoms with van der Waals surface area (Å²) in [6, 6.07) is 1.96. The average molecular weight is 195 g/mol. The quantitative estimate of drug-likeness (QED) is 0.669. The third-order valence-electron chi connectivity index (χ3n) is 2.60. The van der Waals surface area contributed by atoms with E-state index >= 15 is 0 Å². The largest absolute Gasteiger partial charge is 0.395 e. The highest BCUT2D eigenvalue weighted by Crippen LogP contribution is 2.23. The maximum absolute atomic E-state index is 12.8. The summed E-state index contributed by atoms with van der Waals surface area (Å²) in [7, 11) is 0. The maximum Gasteiger partial charge on any atom is 0.236 e. The predicted molar refractivity (Wildman–Crippen MR) is 53.2 cm³/mol. The molecule has 1 aromatic rings. The second-order valence-electron chi connectivity index (χ2n) is 3.65. The van der Waals surface area contributed by atoms with Crippen molar-refractivity contribution in [3.05, 3.63) is 23.8 Å². The summed E-state index contributed by atoms with van der Waals surface area (Å²) in [6.45, 7) is 1.02. The highest BCUT2D eigenvalue weighted by molar-refractivity contribution is 5.39. The van der Waals surface area contributed by atoms with Gasteiger partial charge in [-0.05, 0) is 31.0 Å². The number of nitrogens with two attached hydrogens (primary N) is 1. The maximum atomic E-state index is 12.8. The van der Waals surface area contributed by atoms with Gasteiger partial charge in [0, 0.05) is 12.2 Å². The summed E-state index contributed by atoms with van der Waals surface area (Å²) in [5.41, 5.74) is 6.59. The fourth-order valence-corrected chi connectivity index (χ4v) is 1.81. The molecule has 1 aromatic heterocycles. The normalized spacial score (nSPS) is 22.2. The molecule has 0 aliphatic carbocycles. The van der Waals surface area contributed by atoms with Gasteiger partial charge < -0.3 is 11.1 Å². The summed E-state index contributed by atoms with van der Waals surface area (Å²) in [5, 5.41) is 3.36. The molecule has 14 heavy (non-hydrogen) atoms. The van der Waals surface area contributed by atoms with E-state index in [1.807, 2.05) is 0 Å². The van der Waals surface area contributed by atoms with Crippen molar-refractivity contribution >= 4 is 5.69 Å². The number of piperidine rings is 1. The van der Waals surface area contributed by atoms with Crippen LogP contribution in [0.25, 0.3) is 0 Å². The van der Waals surface area contributed by atoms with Crippen molar-refractivity contribution in [1.82, 2.24) is 10.3 Å². The molecule has 0 amide bonds. The molecule has 1 saturated heterocycles. The van der Waals surface area contributed by atoms with Gasteiger partial charge in [-0.15, -0.1) is 0 Å². The molecule has 3 N–H and O–H groups in total. The van der Waals surface area contributed by atoms with Gasteiger partial charge >= 0.3 is 0 Å². The number of anilines is 1. The molecule has 2 rings (SSSR count). The van der Waals surface area contributed by atoms with E-state index < -0.39 is 5.95 Å². The molecule has 1 aliphatic heterocycles. The minimum Gasteiger partial charge on any atom is -0.395 e. The van der Waals surface area contributed by atoms with Gasteiger partial charge in [0.05, 0.1) is 5.69 Å². The van der Waals surface area contributed by atoms with Gasteiger partial charge in [-0.25, -0.2) is 4.98 Å². The second kappa shape index (κ2) is 3.92. The molecule has 0 unspecified atom stereocenters. The molecule has 0 saturated carbocycles. The summed E-state index contributed by atoms with van der Waals surface area (Å²) in [6.07, 6.45) is 5.05. The zero-order valence-electron chi connectivity index (χ0n) is 7.96. The number of nitrogen functional groups attached to an aromatic ring is 1. The van der Waals surface area contributed by atoms with Crippen LogP contribution in [0.15, 0.2) is 12.3 Å². The van der Waals surface area contributed by atoms with Gasteiger partial charge in [0.2, 0.25) is 5.95 Å². The molecule has 0 radical (unpaired) electrons. The molecular weight excluding hydrogens is 181 g/mol. The van der Waals surface area contributed by atoms with Crippen LogP contribution in [0, 0.1) is 5.95 Å². The standard InChI is InChI=1S/C10H14FN3/c11-10-8(12)5-7(6-14-10)9-3-1-2-4-13-9/h5-6,9,13H,1-4,12H2/t9-/m0/s1. The van der Waals surface area contributed by atoms with E-state index in [9.17, 15) is 4.39 Å². The van der Waals surface area contributed by atoms with Crippen LogP contribution < -0.4 is 11.1 Å². The predicted octanol–water partition coefficient (Wildman–Crippen LogP) is 1.62. The Morgan fingerprint density at radius 2 is 2.36 bits per heavy atom. The Morgan fingerprint density at radius 1 is 1.50 bits per heavy atom. The van der Waals surface area contributed by atoms with E-state index in [1.165, 1.54) is 12.8 Å². The number of rotatable bonds is 1. The van der Waals surface area contributed by atoms with Gasteiger partial charge in [-0.3, -0.25) is 0 Å². The Kier molecular flexibility index (Phi) is 2.63. The van der Waals surface area contributed by atoms with Crippen LogP contribution in [0.3, 0.4) is 0 Å². The van der Waals surface area contributed by atoms with Crippen LogP contribution in [0.1, 0.15) is 30.9 Å². The zero-order chi connectivity index (χ0) is 9.97. The summed E-state index contributed by atoms with van der Waals surface area (Å²) < 4.78 is 12.8. The second-order valence-corrected chi connectivity index (χ2v) is 3.65. The van der Waals surface area contributed by atoms with Crippen LogP contribution in [0.5, 0.6) is 0 Å². The van der Waals surface area contributed by atoms with Gasteiger partial charge in [0.15, 0.2) is 0 Å². The van der Waals surface area contributed by atoms with Crippen LogP contribution in [-0.2, 0) is 0 Å². The van der Waals surface area contributed by atoms with Crippen molar-refractivity contribution in [2.24, 2.45) is 0 Å². The molecule has 0 bridgehead atoms. The van der Waals surface area contributed by atoms with Crippen molar-refractivity contribution < 1.29 is 4.39 Å². The Bertz CT molecular complexity index is 321. The molecule has 4 heteroatoms. The van der Waals surface area contributed by atoms with Gasteiger partial charge in [0.1, 0.15) is 0 Å². The van der Waals surface area contributed by atoms with E-state index in [4.69, 9.17) is 5.73 Å². The molecule has 1 atom stereocenters. The Hall–Kier alpha value is -1.16. The van der Waals surface area contributed by atoms with E-state index in [0.717, 1.165) is 18.5 Å². The smallest absolute Gasteiger partial charge is 0.236 e. The molecule has 0 spiro atoms. The first kappa shape index (κ1) is 9.40. The fourth-order valence-electron chi connectivity index (χ4n) is 1.81. The van der Waals surface area contributed by atoms with Crippen LogP contribution in [-0.4, -0.2) is 11.5 Å². The van der Waals surface area contributed by atoms with Crippen LogP contribution in [0.4, 0.5) is 10.1 Å². The third-order valence-corrected chi connectivity index (χ3v) is 2.60. The molecule has 1 fully saturated rings. The molecule has 76 valence electrons. The first-order valence-electron chi connectivity index (χ1n) is 4.91. The number of nitrogens with zero attached hydrogens (tertiary/aromatic N) is 1. The molecular formula is C10H14FN3. The number of pyridine rings is 1. The van der Waals surface area contributed by atoms with Crippen molar-refractivity contribution in [3.8, 4) is 0 Å². The SMILES string of the molecule is Nc1cc([C@@H]2CCCCN2)cnc1F. The lowest BCUT2D eigenvalue weighted by Gasteiger charge is -2.23. The lowest BCUT2D eigenvalue weighted by molar-refractivity contribution is 0.411. The van der Waals surface area contributed by atoms with Crippen molar-refractivity contribution in [1.29, 1.82) is 0 Å². The van der Waals surface area contributed by atoms with Crippen molar-refractivity contribution in [2.75, 3.05) is 12.3 Å². The molecule has 1 aliphatic rings. The molecule has 0 aromatic carbocycles. The van der Waals surface area contributed by atoms with Gasteiger partial charge in [-0.1, -0.05) is 6.42 Å². The van der Waals surface area contributed by atoms with Crippen molar-refractivity contribution in [3.63, 3.8) is 0 Å². The number of hydrogen-bond donors (Lipinski definition) is 2. The average Bonchev–Trinajstić information content (AvgIpc) is 2.23. The number of hydrogen-bond acceptors (Lipinski definition) is 3. The van der Waals surface area contributed by atoms with Crippen LogP contribution >= 0.6 is 0 Å². The Morgan fingerprint density at radius 3 is 3.00 bits per heavy atom. The lowest BCUT2D eigenvalue weighted by Crippen LogP contribution is -2.27. The summed E-state index contributed by atoms with van der Waals surface area (Å²) >= 11 is 0. The number of nitrogens with one attached hydrogen (secondary N) is 1. The van der Waals surface area contributed by atoms with Crippen molar-refractivity contribution in [2.45, 2.75) is 25.3 Å². The van der Waals surface area contributed by atoms with E-state index in [2.05, 4.69) is 10.3 Å². The third kappa shape index (κ3) is 1.85. The first-order chi connectivity index (χ1) is 6.77. The number of halogens is 1. The van der Waals surface area contributed by atoms with Gasteiger partial charge in [-0.2, -0.15) is 4.39 Å². The molecule has 2 heterocycles. The van der Waals surface area contributed by atoms with Gasteiger partial charge in [0.25, 0.3) is 0 Å².